The largest absolute Gasteiger partial charge is 0.396 e. The molecule has 0 aromatic heterocycles. The highest BCUT2D eigenvalue weighted by Gasteiger charge is 2.52. The Kier molecular flexibility index (Phi) is 10.7. The van der Waals surface area contributed by atoms with Gasteiger partial charge in [0.1, 0.15) is 34.2 Å². The maximum absolute atomic E-state index is 11.5. The fourth-order valence-electron chi connectivity index (χ4n) is 3.56. The van der Waals surface area contributed by atoms with Gasteiger partial charge in [0.05, 0.1) is 25.2 Å². The van der Waals surface area contributed by atoms with Gasteiger partial charge in [0.25, 0.3) is 0 Å². The number of hydrogen-bond donors (Lipinski definition) is 5. The summed E-state index contributed by atoms with van der Waals surface area (Å²) in [7, 11) is 0. The second-order valence-corrected chi connectivity index (χ2v) is 9.03. The number of hydrogen-bond acceptors (Lipinski definition) is 14. The van der Waals surface area contributed by atoms with Crippen LogP contribution in [0.15, 0.2) is 10.4 Å². The van der Waals surface area contributed by atoms with E-state index in [4.69, 9.17) is 26.4 Å². The molecule has 32 heavy (non-hydrogen) atoms. The summed E-state index contributed by atoms with van der Waals surface area (Å²) in [5.41, 5.74) is -1.01. The van der Waals surface area contributed by atoms with Crippen LogP contribution >= 0.6 is 24.0 Å². The summed E-state index contributed by atoms with van der Waals surface area (Å²) >= 11 is 6.37. The minimum atomic E-state index is -1.70. The van der Waals surface area contributed by atoms with E-state index in [0.717, 1.165) is 11.8 Å². The summed E-state index contributed by atoms with van der Waals surface area (Å²) in [6.07, 6.45) is -10.6. The number of thiocarbonyl (C=S) groups is 1. The van der Waals surface area contributed by atoms with Gasteiger partial charge in [-0.3, -0.25) is 0 Å². The summed E-state index contributed by atoms with van der Waals surface area (Å²) in [6, 6.07) is -1.34. The van der Waals surface area contributed by atoms with Gasteiger partial charge < -0.3 is 44.6 Å². The first-order valence-corrected chi connectivity index (χ1v) is 11.4. The highest BCUT2D eigenvalue weighted by atomic mass is 32.2. The lowest BCUT2D eigenvalue weighted by atomic mass is 9.93. The van der Waals surface area contributed by atoms with E-state index in [1.807, 2.05) is 18.7 Å². The molecule has 2 saturated heterocycles. The molecular weight excluding hydrogens is 470 g/mol. The maximum atomic E-state index is 11.5. The average molecular weight is 500 g/mol. The Balaban J connectivity index is 2.21. The molecule has 0 amide bonds. The van der Waals surface area contributed by atoms with Gasteiger partial charge in [0.2, 0.25) is 6.23 Å². The summed E-state index contributed by atoms with van der Waals surface area (Å²) in [5.74, 6) is -1.21. The summed E-state index contributed by atoms with van der Waals surface area (Å²) in [4.78, 5) is 24.3. The van der Waals surface area contributed by atoms with Crippen LogP contribution in [0.2, 0.25) is 0 Å². The van der Waals surface area contributed by atoms with Crippen LogP contribution in [-0.2, 0) is 14.2 Å². The number of nitroso groups, excluding NO2 is 2. The van der Waals surface area contributed by atoms with Crippen molar-refractivity contribution in [1.29, 1.82) is 0 Å². The SMILES string of the molecule is CCN(CC)C(=S)SC1OC(CO)C(OC2OC(N=O)C(O)C(O)C2CO)C(O)C1N=O. The van der Waals surface area contributed by atoms with Gasteiger partial charge in [-0.1, -0.05) is 29.2 Å². The van der Waals surface area contributed by atoms with E-state index >= 15 is 0 Å². The predicted molar refractivity (Wildman–Crippen MR) is 116 cm³/mol. The van der Waals surface area contributed by atoms with Crippen molar-refractivity contribution < 1.29 is 39.7 Å². The van der Waals surface area contributed by atoms with E-state index in [1.54, 1.807) is 0 Å². The van der Waals surface area contributed by atoms with E-state index in [2.05, 4.69) is 10.4 Å². The quantitative estimate of drug-likeness (QED) is 0.186. The molecule has 10 atom stereocenters. The predicted octanol–water partition coefficient (Wildman–Crippen LogP) is -1.28. The van der Waals surface area contributed by atoms with Gasteiger partial charge in [-0.15, -0.1) is 4.91 Å². The second-order valence-electron chi connectivity index (χ2n) is 7.30. The monoisotopic (exact) mass is 499 g/mol. The Labute approximate surface area is 194 Å². The molecular formula is C17H29N3O10S2. The zero-order valence-corrected chi connectivity index (χ0v) is 19.2. The van der Waals surface area contributed by atoms with Gasteiger partial charge in [0, 0.05) is 13.1 Å². The van der Waals surface area contributed by atoms with Crippen LogP contribution in [0.4, 0.5) is 0 Å². The Morgan fingerprint density at radius 2 is 1.69 bits per heavy atom. The molecule has 0 saturated carbocycles. The summed E-state index contributed by atoms with van der Waals surface area (Å²) in [5, 5.41) is 55.8. The molecule has 2 rings (SSSR count). The van der Waals surface area contributed by atoms with Crippen LogP contribution in [0, 0.1) is 15.7 Å². The van der Waals surface area contributed by atoms with Crippen molar-refractivity contribution in [3.05, 3.63) is 9.81 Å². The molecule has 5 N–H and O–H groups in total. The molecule has 13 nitrogen and oxygen atoms in total. The van der Waals surface area contributed by atoms with E-state index in [0.29, 0.717) is 17.4 Å². The number of thioether (sulfide) groups is 1. The van der Waals surface area contributed by atoms with Crippen molar-refractivity contribution in [2.75, 3.05) is 26.3 Å². The number of rotatable bonds is 9. The maximum Gasteiger partial charge on any atom is 0.220 e. The molecule has 2 aliphatic heterocycles. The van der Waals surface area contributed by atoms with E-state index in [9.17, 15) is 35.3 Å². The Hall–Kier alpha value is -0.880. The number of ether oxygens (including phenoxy) is 3. The lowest BCUT2D eigenvalue weighted by molar-refractivity contribution is -0.321. The first kappa shape index (κ1) is 27.4. The lowest BCUT2D eigenvalue weighted by Gasteiger charge is -2.45. The molecule has 10 unspecified atom stereocenters. The van der Waals surface area contributed by atoms with Crippen LogP contribution in [0.5, 0.6) is 0 Å². The summed E-state index contributed by atoms with van der Waals surface area (Å²) < 4.78 is 17.0. The van der Waals surface area contributed by atoms with Crippen molar-refractivity contribution >= 4 is 28.3 Å². The second kappa shape index (κ2) is 12.5. The van der Waals surface area contributed by atoms with Crippen molar-refractivity contribution in [1.82, 2.24) is 4.90 Å². The zero-order chi connectivity index (χ0) is 24.0. The fourth-order valence-corrected chi connectivity index (χ4v) is 5.25. The van der Waals surface area contributed by atoms with E-state index in [1.165, 1.54) is 0 Å². The Morgan fingerprint density at radius 3 is 2.19 bits per heavy atom. The molecule has 15 heteroatoms. The van der Waals surface area contributed by atoms with Crippen LogP contribution in [-0.4, -0.2) is 116 Å². The van der Waals surface area contributed by atoms with Gasteiger partial charge in [-0.2, -0.15) is 4.91 Å². The first-order chi connectivity index (χ1) is 15.3. The summed E-state index contributed by atoms with van der Waals surface area (Å²) in [6.45, 7) is 3.71. The van der Waals surface area contributed by atoms with Crippen LogP contribution < -0.4 is 0 Å². The van der Waals surface area contributed by atoms with Gasteiger partial charge in [-0.25, -0.2) is 0 Å². The topological polar surface area (TPSA) is 191 Å². The number of nitrogens with zero attached hydrogens (tertiary/aromatic N) is 3. The van der Waals surface area contributed by atoms with E-state index < -0.39 is 73.6 Å². The zero-order valence-electron chi connectivity index (χ0n) is 17.5. The van der Waals surface area contributed by atoms with Gasteiger partial charge >= 0.3 is 0 Å². The smallest absolute Gasteiger partial charge is 0.220 e. The van der Waals surface area contributed by atoms with Gasteiger partial charge in [0.15, 0.2) is 12.3 Å². The first-order valence-electron chi connectivity index (χ1n) is 10.1. The Morgan fingerprint density at radius 1 is 1.03 bits per heavy atom. The third-order valence-electron chi connectivity index (χ3n) is 5.49. The molecule has 0 spiro atoms. The standard InChI is InChI=1S/C17H29N3O10S2/c1-3-20(4-2)17(31)32-16-9(18-26)11(24)13(8(6-22)28-16)29-15-7(5-21)10(23)12(25)14(19-27)30-15/h7-16,21-25H,3-6H2,1-2H3. The third-order valence-corrected chi connectivity index (χ3v) is 7.12. The number of aliphatic hydroxyl groups is 5. The van der Waals surface area contributed by atoms with Crippen LogP contribution in [0.25, 0.3) is 0 Å². The lowest BCUT2D eigenvalue weighted by Crippen LogP contribution is -2.62. The molecule has 184 valence electrons. The Bertz CT molecular complexity index is 646. The minimum Gasteiger partial charge on any atom is -0.396 e. The van der Waals surface area contributed by atoms with Crippen molar-refractivity contribution in [3.8, 4) is 0 Å². The van der Waals surface area contributed by atoms with Crippen molar-refractivity contribution in [2.24, 2.45) is 16.3 Å². The average Bonchev–Trinajstić information content (AvgIpc) is 2.78. The van der Waals surface area contributed by atoms with Crippen LogP contribution in [0.3, 0.4) is 0 Å². The molecule has 2 fully saturated rings. The molecule has 0 bridgehead atoms. The molecule has 0 aromatic carbocycles. The molecule has 0 aliphatic carbocycles. The fraction of sp³-hybridized carbons (Fsp3) is 0.941. The molecule has 0 radical (unpaired) electrons. The highest BCUT2D eigenvalue weighted by molar-refractivity contribution is 8.23. The molecule has 2 heterocycles. The van der Waals surface area contributed by atoms with Gasteiger partial charge in [-0.05, 0) is 19.0 Å². The molecule has 0 aromatic rings. The number of aliphatic hydroxyl groups excluding tert-OH is 5. The van der Waals surface area contributed by atoms with E-state index in [-0.39, 0.29) is 0 Å². The van der Waals surface area contributed by atoms with Crippen molar-refractivity contribution in [2.45, 2.75) is 68.4 Å². The molecule has 2 aliphatic rings. The third kappa shape index (κ3) is 5.78. The highest BCUT2D eigenvalue weighted by Crippen LogP contribution is 2.36. The normalized spacial score (nSPS) is 40.0. The van der Waals surface area contributed by atoms with Crippen molar-refractivity contribution in [3.63, 3.8) is 0 Å². The van der Waals surface area contributed by atoms with Crippen LogP contribution in [0.1, 0.15) is 13.8 Å². The minimum absolute atomic E-state index is 0.421.